The van der Waals surface area contributed by atoms with Crippen molar-refractivity contribution < 1.29 is 22.7 Å². The van der Waals surface area contributed by atoms with Crippen LogP contribution in [0.5, 0.6) is 5.75 Å². The minimum Gasteiger partial charge on any atom is -0.494 e. The second-order valence-corrected chi connectivity index (χ2v) is 12.0. The van der Waals surface area contributed by atoms with Crippen LogP contribution >= 0.6 is 0 Å². The lowest BCUT2D eigenvalue weighted by Crippen LogP contribution is -2.53. The SMILES string of the molecule is CCOc1ccc(S(=O)(=O)N(CC(=O)N(CCc2ccccc2)C(CC)C(=O)NCC(C)C)c2ccccc2)cc1. The van der Waals surface area contributed by atoms with E-state index in [9.17, 15) is 18.0 Å². The molecule has 8 nitrogen and oxygen atoms in total. The first-order valence-electron chi connectivity index (χ1n) is 14.1. The van der Waals surface area contributed by atoms with Crippen LogP contribution in [0, 0.1) is 5.92 Å². The molecule has 0 radical (unpaired) electrons. The first-order valence-corrected chi connectivity index (χ1v) is 15.5. The molecule has 1 atom stereocenters. The summed E-state index contributed by atoms with van der Waals surface area (Å²) in [6.07, 6.45) is 0.916. The second kappa shape index (κ2) is 15.2. The Morgan fingerprint density at radius 2 is 1.49 bits per heavy atom. The summed E-state index contributed by atoms with van der Waals surface area (Å²) in [6, 6.07) is 23.6. The van der Waals surface area contributed by atoms with Crippen molar-refractivity contribution in [2.75, 3.05) is 30.5 Å². The molecular weight excluding hydrogens is 538 g/mol. The summed E-state index contributed by atoms with van der Waals surface area (Å²) in [6.45, 7) is 8.46. The van der Waals surface area contributed by atoms with Crippen molar-refractivity contribution >= 4 is 27.5 Å². The molecule has 220 valence electrons. The molecule has 0 heterocycles. The van der Waals surface area contributed by atoms with E-state index < -0.39 is 28.5 Å². The number of nitrogens with one attached hydrogen (secondary N) is 1. The molecule has 9 heteroatoms. The lowest BCUT2D eigenvalue weighted by Gasteiger charge is -2.33. The van der Waals surface area contributed by atoms with E-state index in [4.69, 9.17) is 4.74 Å². The van der Waals surface area contributed by atoms with Gasteiger partial charge in [0, 0.05) is 13.1 Å². The first kappa shape index (κ1) is 31.7. The van der Waals surface area contributed by atoms with Gasteiger partial charge in [0.15, 0.2) is 0 Å². The van der Waals surface area contributed by atoms with Crippen molar-refractivity contribution in [1.82, 2.24) is 10.2 Å². The highest BCUT2D eigenvalue weighted by Crippen LogP contribution is 2.26. The predicted molar refractivity (Wildman–Crippen MR) is 162 cm³/mol. The van der Waals surface area contributed by atoms with E-state index in [1.807, 2.05) is 58.0 Å². The standard InChI is InChI=1S/C32H41N3O5S/c1-5-30(32(37)33-23-25(3)4)34(22-21-26-13-9-7-10-14-26)31(36)24-35(27-15-11-8-12-16-27)41(38,39)29-19-17-28(18-20-29)40-6-2/h7-20,25,30H,5-6,21-24H2,1-4H3,(H,33,37). The lowest BCUT2D eigenvalue weighted by molar-refractivity contribution is -0.139. The molecule has 3 rings (SSSR count). The molecule has 0 bridgehead atoms. The summed E-state index contributed by atoms with van der Waals surface area (Å²) in [7, 11) is -4.13. The van der Waals surface area contributed by atoms with Gasteiger partial charge in [0.2, 0.25) is 11.8 Å². The maximum Gasteiger partial charge on any atom is 0.264 e. The fourth-order valence-electron chi connectivity index (χ4n) is 4.44. The zero-order valence-corrected chi connectivity index (χ0v) is 25.1. The predicted octanol–water partition coefficient (Wildman–Crippen LogP) is 4.90. The summed E-state index contributed by atoms with van der Waals surface area (Å²) in [5, 5.41) is 2.95. The van der Waals surface area contributed by atoms with Gasteiger partial charge >= 0.3 is 0 Å². The van der Waals surface area contributed by atoms with Crippen LogP contribution in [-0.2, 0) is 26.0 Å². The van der Waals surface area contributed by atoms with Gasteiger partial charge in [-0.3, -0.25) is 13.9 Å². The maximum absolute atomic E-state index is 14.0. The number of anilines is 1. The fourth-order valence-corrected chi connectivity index (χ4v) is 5.86. The van der Waals surface area contributed by atoms with Gasteiger partial charge in [0.1, 0.15) is 18.3 Å². The van der Waals surface area contributed by atoms with Crippen molar-refractivity contribution in [3.63, 3.8) is 0 Å². The number of amides is 2. The Balaban J connectivity index is 1.96. The molecule has 41 heavy (non-hydrogen) atoms. The number of carbonyl (C=O) groups is 2. The van der Waals surface area contributed by atoms with Crippen LogP contribution in [0.2, 0.25) is 0 Å². The van der Waals surface area contributed by atoms with Gasteiger partial charge in [-0.25, -0.2) is 8.42 Å². The molecule has 0 aliphatic heterocycles. The number of para-hydroxylation sites is 1. The Hall–Kier alpha value is -3.85. The van der Waals surface area contributed by atoms with E-state index in [1.54, 1.807) is 42.5 Å². The lowest BCUT2D eigenvalue weighted by atomic mass is 10.1. The smallest absolute Gasteiger partial charge is 0.264 e. The summed E-state index contributed by atoms with van der Waals surface area (Å²) >= 11 is 0. The number of hydrogen-bond acceptors (Lipinski definition) is 5. The average Bonchev–Trinajstić information content (AvgIpc) is 2.98. The number of hydrogen-bond donors (Lipinski definition) is 1. The highest BCUT2D eigenvalue weighted by atomic mass is 32.2. The molecule has 0 saturated carbocycles. The largest absolute Gasteiger partial charge is 0.494 e. The fraction of sp³-hybridized carbons (Fsp3) is 0.375. The van der Waals surface area contributed by atoms with Gasteiger partial charge in [-0.15, -0.1) is 0 Å². The topological polar surface area (TPSA) is 96.0 Å². The first-order chi connectivity index (χ1) is 19.7. The summed E-state index contributed by atoms with van der Waals surface area (Å²) in [4.78, 5) is 28.8. The van der Waals surface area contributed by atoms with Crippen LogP contribution in [0.15, 0.2) is 89.8 Å². The van der Waals surface area contributed by atoms with Gasteiger partial charge < -0.3 is 15.0 Å². The molecule has 3 aromatic rings. The second-order valence-electron chi connectivity index (χ2n) is 10.1. The van der Waals surface area contributed by atoms with Crippen LogP contribution in [0.4, 0.5) is 5.69 Å². The molecule has 1 unspecified atom stereocenters. The van der Waals surface area contributed by atoms with Crippen LogP contribution in [0.25, 0.3) is 0 Å². The number of sulfonamides is 1. The number of carbonyl (C=O) groups excluding carboxylic acids is 2. The Labute approximate surface area is 244 Å². The third-order valence-electron chi connectivity index (χ3n) is 6.60. The quantitative estimate of drug-likeness (QED) is 0.276. The van der Waals surface area contributed by atoms with Gasteiger partial charge in [-0.05, 0) is 67.6 Å². The number of nitrogens with zero attached hydrogens (tertiary/aromatic N) is 2. The Morgan fingerprint density at radius 3 is 2.05 bits per heavy atom. The molecule has 0 aliphatic rings. The zero-order valence-electron chi connectivity index (χ0n) is 24.3. The van der Waals surface area contributed by atoms with E-state index in [1.165, 1.54) is 17.0 Å². The van der Waals surface area contributed by atoms with Crippen LogP contribution in [0.1, 0.15) is 39.7 Å². The minimum absolute atomic E-state index is 0.0372. The van der Waals surface area contributed by atoms with Gasteiger partial charge in [-0.1, -0.05) is 69.3 Å². The van der Waals surface area contributed by atoms with Crippen molar-refractivity contribution in [2.45, 2.75) is 51.5 Å². The van der Waals surface area contributed by atoms with Crippen molar-refractivity contribution in [3.8, 4) is 5.75 Å². The third-order valence-corrected chi connectivity index (χ3v) is 8.39. The minimum atomic E-state index is -4.13. The summed E-state index contributed by atoms with van der Waals surface area (Å²) in [5.74, 6) is 0.103. The van der Waals surface area contributed by atoms with Gasteiger partial charge in [0.05, 0.1) is 17.2 Å². The van der Waals surface area contributed by atoms with Crippen LogP contribution < -0.4 is 14.4 Å². The van der Waals surface area contributed by atoms with E-state index in [-0.39, 0.29) is 23.3 Å². The number of ether oxygens (including phenoxy) is 1. The molecule has 0 fully saturated rings. The van der Waals surface area contributed by atoms with Crippen LogP contribution in [-0.4, -0.2) is 57.4 Å². The van der Waals surface area contributed by atoms with E-state index in [2.05, 4.69) is 5.32 Å². The van der Waals surface area contributed by atoms with Gasteiger partial charge in [-0.2, -0.15) is 0 Å². The highest BCUT2D eigenvalue weighted by Gasteiger charge is 2.33. The van der Waals surface area contributed by atoms with Crippen molar-refractivity contribution in [3.05, 3.63) is 90.5 Å². The van der Waals surface area contributed by atoms with Gasteiger partial charge in [0.25, 0.3) is 10.0 Å². The summed E-state index contributed by atoms with van der Waals surface area (Å²) < 4.78 is 34.4. The summed E-state index contributed by atoms with van der Waals surface area (Å²) in [5.41, 5.74) is 1.37. The Morgan fingerprint density at radius 1 is 0.878 bits per heavy atom. The van der Waals surface area contributed by atoms with Crippen molar-refractivity contribution in [1.29, 1.82) is 0 Å². The molecule has 1 N–H and O–H groups in total. The molecular formula is C32H41N3O5S. The monoisotopic (exact) mass is 579 g/mol. The number of benzene rings is 3. The third kappa shape index (κ3) is 8.82. The molecule has 3 aromatic carbocycles. The zero-order chi connectivity index (χ0) is 29.8. The van der Waals surface area contributed by atoms with Crippen molar-refractivity contribution in [2.24, 2.45) is 5.92 Å². The molecule has 0 aliphatic carbocycles. The Kier molecular flexibility index (Phi) is 11.8. The highest BCUT2D eigenvalue weighted by molar-refractivity contribution is 7.92. The Bertz CT molecular complexity index is 1350. The van der Waals surface area contributed by atoms with Crippen LogP contribution in [0.3, 0.4) is 0 Å². The molecule has 0 spiro atoms. The molecule has 2 amide bonds. The van der Waals surface area contributed by atoms with E-state index in [0.717, 1.165) is 9.87 Å². The maximum atomic E-state index is 14.0. The van der Waals surface area contributed by atoms with E-state index >= 15 is 0 Å². The van der Waals surface area contributed by atoms with E-state index in [0.29, 0.717) is 37.4 Å². The molecule has 0 aromatic heterocycles. The average molecular weight is 580 g/mol. The molecule has 0 saturated heterocycles. The number of rotatable bonds is 15. The normalized spacial score (nSPS) is 12.0.